The fraction of sp³-hybridized carbons (Fsp3) is 0.250. The van der Waals surface area contributed by atoms with E-state index in [1.54, 1.807) is 25.2 Å². The summed E-state index contributed by atoms with van der Waals surface area (Å²) < 4.78 is 35.1. The molecule has 0 aliphatic rings. The van der Waals surface area contributed by atoms with E-state index in [1.807, 2.05) is 17.5 Å². The highest BCUT2D eigenvalue weighted by molar-refractivity contribution is 7.89. The Morgan fingerprint density at radius 3 is 2.69 bits per heavy atom. The number of para-hydroxylation sites is 1. The number of rotatable bonds is 7. The van der Waals surface area contributed by atoms with Crippen molar-refractivity contribution >= 4 is 21.4 Å². The molecule has 1 aromatic carbocycles. The largest absolute Gasteiger partial charge is 0.495 e. The molecule has 138 valence electrons. The second kappa shape index (κ2) is 7.44. The number of thiophene rings is 1. The molecule has 2 aromatic heterocycles. The maximum absolute atomic E-state index is 12.4. The molecule has 3 aromatic rings. The van der Waals surface area contributed by atoms with Gasteiger partial charge in [-0.3, -0.25) is 4.57 Å². The Balaban J connectivity index is 1.74. The second-order valence-electron chi connectivity index (χ2n) is 5.41. The van der Waals surface area contributed by atoms with E-state index < -0.39 is 10.0 Å². The molecule has 0 saturated heterocycles. The van der Waals surface area contributed by atoms with E-state index >= 15 is 0 Å². The van der Waals surface area contributed by atoms with Gasteiger partial charge < -0.3 is 4.74 Å². The smallest absolute Gasteiger partial charge is 0.345 e. The number of nitrogens with zero attached hydrogens (tertiary/aromatic N) is 3. The van der Waals surface area contributed by atoms with Gasteiger partial charge in [0.2, 0.25) is 10.0 Å². The van der Waals surface area contributed by atoms with Crippen molar-refractivity contribution in [3.63, 3.8) is 0 Å². The first-order valence-corrected chi connectivity index (χ1v) is 10.1. The van der Waals surface area contributed by atoms with Crippen molar-refractivity contribution in [2.45, 2.75) is 11.4 Å². The van der Waals surface area contributed by atoms with E-state index in [9.17, 15) is 13.2 Å². The fourth-order valence-electron chi connectivity index (χ4n) is 2.46. The van der Waals surface area contributed by atoms with Gasteiger partial charge in [-0.2, -0.15) is 0 Å². The first kappa shape index (κ1) is 18.4. The fourth-order valence-corrected chi connectivity index (χ4v) is 4.39. The monoisotopic (exact) mass is 394 g/mol. The molecular weight excluding hydrogens is 376 g/mol. The van der Waals surface area contributed by atoms with Gasteiger partial charge in [-0.25, -0.2) is 22.6 Å². The number of hydrogen-bond acceptors (Lipinski definition) is 6. The van der Waals surface area contributed by atoms with Crippen LogP contribution in [0.2, 0.25) is 0 Å². The minimum atomic E-state index is -3.76. The molecule has 26 heavy (non-hydrogen) atoms. The van der Waals surface area contributed by atoms with E-state index in [0.29, 0.717) is 5.82 Å². The molecule has 1 N–H and O–H groups in total. The standard InChI is InChI=1S/C16H18N4O4S2/c1-19-15(13-7-5-11-25-13)18-20(16(19)21)10-9-17-26(22,23)14-8-4-3-6-12(14)24-2/h3-8,11,17H,9-10H2,1-2H3. The molecule has 0 bridgehead atoms. The van der Waals surface area contributed by atoms with Crippen LogP contribution in [-0.4, -0.2) is 36.4 Å². The molecule has 10 heteroatoms. The van der Waals surface area contributed by atoms with Crippen LogP contribution in [0.25, 0.3) is 10.7 Å². The zero-order valence-corrected chi connectivity index (χ0v) is 15.9. The summed E-state index contributed by atoms with van der Waals surface area (Å²) in [6.45, 7) is 0.146. The Labute approximate surface area is 154 Å². The molecule has 0 amide bonds. The lowest BCUT2D eigenvalue weighted by molar-refractivity contribution is 0.402. The van der Waals surface area contributed by atoms with Crippen LogP contribution >= 0.6 is 11.3 Å². The molecule has 0 aliphatic carbocycles. The van der Waals surface area contributed by atoms with Gasteiger partial charge in [0.15, 0.2) is 5.82 Å². The highest BCUT2D eigenvalue weighted by Gasteiger charge is 2.19. The SMILES string of the molecule is COc1ccccc1S(=O)(=O)NCCn1nc(-c2cccs2)n(C)c1=O. The van der Waals surface area contributed by atoms with Crippen molar-refractivity contribution in [3.05, 3.63) is 52.3 Å². The van der Waals surface area contributed by atoms with Gasteiger partial charge >= 0.3 is 5.69 Å². The van der Waals surface area contributed by atoms with Crippen LogP contribution in [0.4, 0.5) is 0 Å². The van der Waals surface area contributed by atoms with E-state index in [-0.39, 0.29) is 29.4 Å². The van der Waals surface area contributed by atoms with Crippen molar-refractivity contribution in [1.29, 1.82) is 0 Å². The Morgan fingerprint density at radius 1 is 1.23 bits per heavy atom. The second-order valence-corrected chi connectivity index (χ2v) is 8.10. The maximum atomic E-state index is 12.4. The molecule has 0 spiro atoms. The minimum Gasteiger partial charge on any atom is -0.495 e. The van der Waals surface area contributed by atoms with Crippen LogP contribution in [0.3, 0.4) is 0 Å². The van der Waals surface area contributed by atoms with E-state index in [4.69, 9.17) is 4.74 Å². The molecule has 0 fully saturated rings. The summed E-state index contributed by atoms with van der Waals surface area (Å²) in [7, 11) is -0.706. The Hall–Kier alpha value is -2.43. The summed E-state index contributed by atoms with van der Waals surface area (Å²) in [6.07, 6.45) is 0. The topological polar surface area (TPSA) is 95.2 Å². The predicted octanol–water partition coefficient (Wildman–Crippen LogP) is 1.30. The van der Waals surface area contributed by atoms with Gasteiger partial charge in [-0.1, -0.05) is 18.2 Å². The lowest BCUT2D eigenvalue weighted by Crippen LogP contribution is -2.32. The van der Waals surface area contributed by atoms with Crippen LogP contribution in [0.5, 0.6) is 5.75 Å². The average Bonchev–Trinajstić information content (AvgIpc) is 3.25. The number of hydrogen-bond donors (Lipinski definition) is 1. The first-order chi connectivity index (χ1) is 12.4. The van der Waals surface area contributed by atoms with Gasteiger partial charge in [0.25, 0.3) is 0 Å². The highest BCUT2D eigenvalue weighted by atomic mass is 32.2. The van der Waals surface area contributed by atoms with E-state index in [2.05, 4.69) is 9.82 Å². The van der Waals surface area contributed by atoms with Crippen LogP contribution in [0.15, 0.2) is 51.5 Å². The number of benzene rings is 1. The number of aromatic nitrogens is 3. The quantitative estimate of drug-likeness (QED) is 0.652. The van der Waals surface area contributed by atoms with Crippen molar-refractivity contribution in [2.24, 2.45) is 7.05 Å². The lowest BCUT2D eigenvalue weighted by Gasteiger charge is -2.10. The third-order valence-electron chi connectivity index (χ3n) is 3.76. The number of ether oxygens (including phenoxy) is 1. The van der Waals surface area contributed by atoms with E-state index in [0.717, 1.165) is 4.88 Å². The average molecular weight is 394 g/mol. The molecule has 0 aliphatic heterocycles. The lowest BCUT2D eigenvalue weighted by atomic mass is 10.3. The normalized spacial score (nSPS) is 11.6. The van der Waals surface area contributed by atoms with Crippen molar-refractivity contribution in [3.8, 4) is 16.5 Å². The van der Waals surface area contributed by atoms with E-state index in [1.165, 1.54) is 33.8 Å². The Bertz CT molecular complexity index is 1050. The summed E-state index contributed by atoms with van der Waals surface area (Å²) in [4.78, 5) is 13.2. The number of methoxy groups -OCH3 is 1. The van der Waals surface area contributed by atoms with Crippen molar-refractivity contribution in [1.82, 2.24) is 19.1 Å². The molecule has 3 rings (SSSR count). The maximum Gasteiger partial charge on any atom is 0.345 e. The molecule has 0 radical (unpaired) electrons. The molecule has 0 saturated carbocycles. The Kier molecular flexibility index (Phi) is 5.25. The number of sulfonamides is 1. The minimum absolute atomic E-state index is 0.0290. The molecule has 0 atom stereocenters. The molecular formula is C16H18N4O4S2. The summed E-state index contributed by atoms with van der Waals surface area (Å²) in [6, 6.07) is 10.1. The third kappa shape index (κ3) is 3.57. The summed E-state index contributed by atoms with van der Waals surface area (Å²) in [5.41, 5.74) is -0.301. The van der Waals surface area contributed by atoms with Crippen LogP contribution in [0.1, 0.15) is 0 Å². The van der Waals surface area contributed by atoms with Crippen LogP contribution in [0, 0.1) is 0 Å². The predicted molar refractivity (Wildman–Crippen MR) is 99.0 cm³/mol. The zero-order chi connectivity index (χ0) is 18.7. The van der Waals surface area contributed by atoms with Gasteiger partial charge in [0, 0.05) is 13.6 Å². The molecule has 2 heterocycles. The van der Waals surface area contributed by atoms with Gasteiger partial charge in [0.1, 0.15) is 10.6 Å². The number of nitrogens with one attached hydrogen (secondary N) is 1. The first-order valence-electron chi connectivity index (χ1n) is 7.74. The molecule has 8 nitrogen and oxygen atoms in total. The summed E-state index contributed by atoms with van der Waals surface area (Å²) >= 11 is 1.48. The van der Waals surface area contributed by atoms with Gasteiger partial charge in [-0.15, -0.1) is 16.4 Å². The van der Waals surface area contributed by atoms with Gasteiger partial charge in [-0.05, 0) is 23.6 Å². The highest BCUT2D eigenvalue weighted by Crippen LogP contribution is 2.22. The van der Waals surface area contributed by atoms with Crippen LogP contribution in [-0.2, 0) is 23.6 Å². The van der Waals surface area contributed by atoms with Gasteiger partial charge in [0.05, 0.1) is 18.5 Å². The Morgan fingerprint density at radius 2 is 2.00 bits per heavy atom. The zero-order valence-electron chi connectivity index (χ0n) is 14.2. The van der Waals surface area contributed by atoms with Crippen LogP contribution < -0.4 is 15.1 Å². The third-order valence-corrected chi connectivity index (χ3v) is 6.12. The summed E-state index contributed by atoms with van der Waals surface area (Å²) in [5.74, 6) is 0.813. The van der Waals surface area contributed by atoms with Crippen molar-refractivity contribution < 1.29 is 13.2 Å². The van der Waals surface area contributed by atoms with Crippen molar-refractivity contribution in [2.75, 3.05) is 13.7 Å². The molecule has 0 unspecified atom stereocenters. The summed E-state index contributed by atoms with van der Waals surface area (Å²) in [5, 5.41) is 6.20.